The summed E-state index contributed by atoms with van der Waals surface area (Å²) in [5.41, 5.74) is 1.90. The lowest BCUT2D eigenvalue weighted by atomic mass is 10.1. The van der Waals surface area contributed by atoms with Crippen LogP contribution in [-0.4, -0.2) is 45.4 Å². The van der Waals surface area contributed by atoms with Crippen LogP contribution in [0.3, 0.4) is 0 Å². The highest BCUT2D eigenvalue weighted by Gasteiger charge is 2.26. The van der Waals surface area contributed by atoms with E-state index in [2.05, 4.69) is 15.4 Å². The first-order valence-electron chi connectivity index (χ1n) is 8.22. The van der Waals surface area contributed by atoms with Crippen LogP contribution < -0.4 is 4.74 Å². The van der Waals surface area contributed by atoms with Crippen LogP contribution in [0.4, 0.5) is 0 Å². The van der Waals surface area contributed by atoms with E-state index in [9.17, 15) is 4.79 Å². The van der Waals surface area contributed by atoms with Crippen molar-refractivity contribution in [1.82, 2.24) is 20.3 Å². The smallest absolute Gasteiger partial charge is 0.256 e. The molecular formula is C18H17ClN4O2. The molecule has 1 aromatic heterocycles. The molecule has 6 nitrogen and oxygen atoms in total. The maximum absolute atomic E-state index is 12.8. The quantitative estimate of drug-likeness (QED) is 0.781. The number of carbonyl (C=O) groups is 1. The van der Waals surface area contributed by atoms with E-state index in [-0.39, 0.29) is 12.0 Å². The van der Waals surface area contributed by atoms with Crippen molar-refractivity contribution >= 4 is 28.5 Å². The van der Waals surface area contributed by atoms with Gasteiger partial charge < -0.3 is 9.64 Å². The van der Waals surface area contributed by atoms with Crippen LogP contribution in [-0.2, 0) is 0 Å². The van der Waals surface area contributed by atoms with Gasteiger partial charge in [-0.15, -0.1) is 0 Å². The van der Waals surface area contributed by atoms with Gasteiger partial charge in [0.2, 0.25) is 0 Å². The van der Waals surface area contributed by atoms with Crippen LogP contribution in [0.15, 0.2) is 42.5 Å². The summed E-state index contributed by atoms with van der Waals surface area (Å²) in [6.07, 6.45) is 1.69. The largest absolute Gasteiger partial charge is 0.490 e. The number of ether oxygens (including phenoxy) is 1. The Labute approximate surface area is 149 Å². The molecule has 1 aliphatic rings. The Morgan fingerprint density at radius 3 is 2.64 bits per heavy atom. The van der Waals surface area contributed by atoms with Crippen molar-refractivity contribution in [2.45, 2.75) is 18.9 Å². The summed E-state index contributed by atoms with van der Waals surface area (Å²) in [7, 11) is 0. The maximum atomic E-state index is 12.8. The fraction of sp³-hybridized carbons (Fsp3) is 0.278. The van der Waals surface area contributed by atoms with E-state index in [0.717, 1.165) is 18.6 Å². The molecule has 4 rings (SSSR count). The van der Waals surface area contributed by atoms with Crippen molar-refractivity contribution in [3.8, 4) is 5.75 Å². The van der Waals surface area contributed by atoms with Gasteiger partial charge in [-0.2, -0.15) is 15.4 Å². The molecular weight excluding hydrogens is 340 g/mol. The van der Waals surface area contributed by atoms with Gasteiger partial charge in [-0.05, 0) is 36.4 Å². The van der Waals surface area contributed by atoms with Gasteiger partial charge in [-0.25, -0.2) is 0 Å². The zero-order valence-electron chi connectivity index (χ0n) is 13.5. The van der Waals surface area contributed by atoms with Gasteiger partial charge >= 0.3 is 0 Å². The number of piperidine rings is 1. The van der Waals surface area contributed by atoms with E-state index >= 15 is 0 Å². The topological polar surface area (TPSA) is 71.1 Å². The minimum Gasteiger partial charge on any atom is -0.490 e. The third-order valence-electron chi connectivity index (χ3n) is 4.42. The van der Waals surface area contributed by atoms with Gasteiger partial charge in [-0.1, -0.05) is 17.7 Å². The summed E-state index contributed by atoms with van der Waals surface area (Å²) in [5, 5.41) is 11.4. The van der Waals surface area contributed by atoms with Gasteiger partial charge in [0.25, 0.3) is 5.91 Å². The Hall–Kier alpha value is -2.60. The van der Waals surface area contributed by atoms with Crippen molar-refractivity contribution in [2.24, 2.45) is 0 Å². The van der Waals surface area contributed by atoms with Gasteiger partial charge in [0, 0.05) is 31.0 Å². The SMILES string of the molecule is O=C(c1cccc2n[nH]nc12)N1CCC(Oc2ccc(Cl)cc2)CC1. The summed E-state index contributed by atoms with van der Waals surface area (Å²) >= 11 is 5.89. The fourth-order valence-corrected chi connectivity index (χ4v) is 3.22. The predicted molar refractivity (Wildman–Crippen MR) is 94.9 cm³/mol. The molecule has 1 aliphatic heterocycles. The predicted octanol–water partition coefficient (Wildman–Crippen LogP) is 3.29. The lowest BCUT2D eigenvalue weighted by molar-refractivity contribution is 0.0597. The van der Waals surface area contributed by atoms with Gasteiger partial charge in [0.15, 0.2) is 0 Å². The van der Waals surface area contributed by atoms with Crippen molar-refractivity contribution in [1.29, 1.82) is 0 Å². The van der Waals surface area contributed by atoms with E-state index in [0.29, 0.717) is 34.7 Å². The Morgan fingerprint density at radius 1 is 1.12 bits per heavy atom. The molecule has 25 heavy (non-hydrogen) atoms. The third kappa shape index (κ3) is 3.30. The minimum absolute atomic E-state index is 0.00978. The number of halogens is 1. The summed E-state index contributed by atoms with van der Waals surface area (Å²) in [6, 6.07) is 12.8. The highest BCUT2D eigenvalue weighted by molar-refractivity contribution is 6.30. The first-order chi connectivity index (χ1) is 12.2. The number of nitrogens with zero attached hydrogens (tertiary/aromatic N) is 3. The number of aromatic amines is 1. The summed E-state index contributed by atoms with van der Waals surface area (Å²) in [6.45, 7) is 1.32. The number of amides is 1. The molecule has 0 aliphatic carbocycles. The molecule has 1 N–H and O–H groups in total. The van der Waals surface area contributed by atoms with Crippen LogP contribution in [0.2, 0.25) is 5.02 Å². The zero-order chi connectivity index (χ0) is 17.2. The first kappa shape index (κ1) is 15.9. The van der Waals surface area contributed by atoms with Crippen LogP contribution in [0.1, 0.15) is 23.2 Å². The van der Waals surface area contributed by atoms with E-state index in [4.69, 9.17) is 16.3 Å². The number of likely N-dealkylation sites (tertiary alicyclic amines) is 1. The van der Waals surface area contributed by atoms with Crippen LogP contribution in [0, 0.1) is 0 Å². The van der Waals surface area contributed by atoms with Gasteiger partial charge in [-0.3, -0.25) is 4.79 Å². The molecule has 0 unspecified atom stereocenters. The number of carbonyl (C=O) groups excluding carboxylic acids is 1. The number of fused-ring (bicyclic) bond motifs is 1. The number of para-hydroxylation sites is 1. The molecule has 1 amide bonds. The van der Waals surface area contributed by atoms with Gasteiger partial charge in [0.05, 0.1) is 5.56 Å². The van der Waals surface area contributed by atoms with Crippen molar-refractivity contribution < 1.29 is 9.53 Å². The highest BCUT2D eigenvalue weighted by Crippen LogP contribution is 2.23. The first-order valence-corrected chi connectivity index (χ1v) is 8.59. The number of hydrogen-bond donors (Lipinski definition) is 1. The third-order valence-corrected chi connectivity index (χ3v) is 4.67. The molecule has 0 saturated carbocycles. The summed E-state index contributed by atoms with van der Waals surface area (Å²) in [4.78, 5) is 14.7. The second-order valence-corrected chi connectivity index (χ2v) is 6.50. The number of rotatable bonds is 3. The summed E-state index contributed by atoms with van der Waals surface area (Å²) < 4.78 is 5.98. The molecule has 0 spiro atoms. The maximum Gasteiger partial charge on any atom is 0.256 e. The highest BCUT2D eigenvalue weighted by atomic mass is 35.5. The average Bonchev–Trinajstić information content (AvgIpc) is 3.12. The second kappa shape index (κ2) is 6.72. The van der Waals surface area contributed by atoms with Crippen LogP contribution in [0.5, 0.6) is 5.75 Å². The molecule has 1 saturated heterocycles. The zero-order valence-corrected chi connectivity index (χ0v) is 14.2. The average molecular weight is 357 g/mol. The Kier molecular flexibility index (Phi) is 4.28. The molecule has 3 aromatic rings. The molecule has 1 fully saturated rings. The Bertz CT molecular complexity index is 885. The fourth-order valence-electron chi connectivity index (χ4n) is 3.09. The monoisotopic (exact) mass is 356 g/mol. The van der Waals surface area contributed by atoms with Gasteiger partial charge in [0.1, 0.15) is 22.9 Å². The molecule has 128 valence electrons. The lowest BCUT2D eigenvalue weighted by Gasteiger charge is -2.32. The van der Waals surface area contributed by atoms with E-state index in [1.165, 1.54) is 0 Å². The van der Waals surface area contributed by atoms with Crippen molar-refractivity contribution in [3.63, 3.8) is 0 Å². The molecule has 0 atom stereocenters. The molecule has 0 radical (unpaired) electrons. The Morgan fingerprint density at radius 2 is 1.88 bits per heavy atom. The van der Waals surface area contributed by atoms with Crippen LogP contribution in [0.25, 0.3) is 11.0 Å². The molecule has 2 heterocycles. The van der Waals surface area contributed by atoms with E-state index in [1.807, 2.05) is 41.3 Å². The van der Waals surface area contributed by atoms with E-state index < -0.39 is 0 Å². The minimum atomic E-state index is -0.00978. The molecule has 0 bridgehead atoms. The normalized spacial score (nSPS) is 15.5. The van der Waals surface area contributed by atoms with E-state index in [1.54, 1.807) is 6.07 Å². The number of benzene rings is 2. The van der Waals surface area contributed by atoms with Crippen molar-refractivity contribution in [2.75, 3.05) is 13.1 Å². The van der Waals surface area contributed by atoms with Crippen LogP contribution >= 0.6 is 11.6 Å². The number of H-pyrrole nitrogens is 1. The van der Waals surface area contributed by atoms with Crippen molar-refractivity contribution in [3.05, 3.63) is 53.1 Å². The summed E-state index contributed by atoms with van der Waals surface area (Å²) in [5.74, 6) is 0.797. The Balaban J connectivity index is 1.40. The second-order valence-electron chi connectivity index (χ2n) is 6.06. The number of aromatic nitrogens is 3. The molecule has 2 aromatic carbocycles. The number of hydrogen-bond acceptors (Lipinski definition) is 4. The standard InChI is InChI=1S/C18H17ClN4O2/c19-12-4-6-13(7-5-12)25-14-8-10-23(11-9-14)18(24)15-2-1-3-16-17(15)21-22-20-16/h1-7,14H,8-11H2,(H,20,21,22). The number of nitrogens with one attached hydrogen (secondary N) is 1. The lowest BCUT2D eigenvalue weighted by Crippen LogP contribution is -2.41. The molecule has 7 heteroatoms.